The minimum absolute atomic E-state index is 0.125. The average Bonchev–Trinajstić information content (AvgIpc) is 2.87. The van der Waals surface area contributed by atoms with E-state index in [0.717, 1.165) is 24.6 Å². The summed E-state index contributed by atoms with van der Waals surface area (Å²) >= 11 is 0. The predicted molar refractivity (Wildman–Crippen MR) is 74.7 cm³/mol. The number of nitrogens with one attached hydrogen (secondary N) is 1. The van der Waals surface area contributed by atoms with Crippen LogP contribution >= 0.6 is 0 Å². The molecule has 1 saturated carbocycles. The molecule has 0 radical (unpaired) electrons. The molecule has 1 aliphatic carbocycles. The Balaban J connectivity index is 1.98. The molecule has 0 unspecified atom stereocenters. The lowest BCUT2D eigenvalue weighted by Gasteiger charge is -2.39. The molecule has 0 aromatic carbocycles. The number of aliphatic hydroxyl groups excluding tert-OH is 1. The van der Waals surface area contributed by atoms with E-state index in [9.17, 15) is 5.11 Å². The molecule has 108 valence electrons. The Labute approximate surface area is 115 Å². The maximum Gasteiger partial charge on any atom is 0.141 e. The van der Waals surface area contributed by atoms with Crippen molar-refractivity contribution < 1.29 is 5.11 Å². The number of aliphatic hydroxyl groups is 1. The highest BCUT2D eigenvalue weighted by Gasteiger charge is 2.33. The minimum Gasteiger partial charge on any atom is -0.394 e. The molecule has 0 amide bonds. The van der Waals surface area contributed by atoms with Gasteiger partial charge in [-0.2, -0.15) is 5.10 Å². The Bertz CT molecular complexity index is 394. The first kappa shape index (κ1) is 14.5. The minimum atomic E-state index is -0.125. The maximum absolute atomic E-state index is 9.73. The first-order valence-electron chi connectivity index (χ1n) is 7.30. The average molecular weight is 266 g/mol. The van der Waals surface area contributed by atoms with Crippen LogP contribution in [-0.2, 0) is 6.54 Å². The van der Waals surface area contributed by atoms with E-state index in [2.05, 4.69) is 36.2 Å². The second-order valence-electron chi connectivity index (χ2n) is 6.19. The van der Waals surface area contributed by atoms with Crippen molar-refractivity contribution in [1.82, 2.24) is 20.1 Å². The largest absolute Gasteiger partial charge is 0.394 e. The van der Waals surface area contributed by atoms with Crippen molar-refractivity contribution in [3.05, 3.63) is 12.2 Å². The lowest BCUT2D eigenvalue weighted by atomic mass is 9.77. The molecule has 5 heteroatoms. The Morgan fingerprint density at radius 2 is 2.16 bits per heavy atom. The zero-order valence-corrected chi connectivity index (χ0v) is 12.3. The molecule has 0 atom stereocenters. The van der Waals surface area contributed by atoms with Gasteiger partial charge in [-0.15, -0.1) is 0 Å². The van der Waals surface area contributed by atoms with Crippen LogP contribution in [0.15, 0.2) is 6.33 Å². The number of hydrogen-bond acceptors (Lipinski definition) is 4. The fraction of sp³-hybridized carbons (Fsp3) is 0.857. The molecular formula is C14H26N4O. The molecule has 2 rings (SSSR count). The SMILES string of the molecule is CC1CCC(CO)(NCc2ncnn2C(C)C)CC1. The van der Waals surface area contributed by atoms with Gasteiger partial charge in [0.05, 0.1) is 13.2 Å². The Hall–Kier alpha value is -0.940. The highest BCUT2D eigenvalue weighted by molar-refractivity contribution is 4.95. The van der Waals surface area contributed by atoms with E-state index < -0.39 is 0 Å². The van der Waals surface area contributed by atoms with Crippen molar-refractivity contribution >= 4 is 0 Å². The van der Waals surface area contributed by atoms with Crippen molar-refractivity contribution in [2.24, 2.45) is 5.92 Å². The maximum atomic E-state index is 9.73. The van der Waals surface area contributed by atoms with E-state index in [0.29, 0.717) is 12.6 Å². The van der Waals surface area contributed by atoms with Gasteiger partial charge in [0.2, 0.25) is 0 Å². The molecule has 1 heterocycles. The third-order valence-corrected chi connectivity index (χ3v) is 4.29. The van der Waals surface area contributed by atoms with Crippen molar-refractivity contribution in [2.75, 3.05) is 6.61 Å². The highest BCUT2D eigenvalue weighted by Crippen LogP contribution is 2.31. The van der Waals surface area contributed by atoms with Gasteiger partial charge in [0.15, 0.2) is 0 Å². The van der Waals surface area contributed by atoms with E-state index in [1.165, 1.54) is 12.8 Å². The van der Waals surface area contributed by atoms with Crippen LogP contribution in [0.25, 0.3) is 0 Å². The summed E-state index contributed by atoms with van der Waals surface area (Å²) in [5.74, 6) is 1.72. The predicted octanol–water partition coefficient (Wildman–Crippen LogP) is 1.89. The Morgan fingerprint density at radius 1 is 1.47 bits per heavy atom. The smallest absolute Gasteiger partial charge is 0.141 e. The monoisotopic (exact) mass is 266 g/mol. The van der Waals surface area contributed by atoms with E-state index >= 15 is 0 Å². The van der Waals surface area contributed by atoms with Crippen LogP contribution in [0.1, 0.15) is 58.3 Å². The molecule has 0 spiro atoms. The van der Waals surface area contributed by atoms with Crippen molar-refractivity contribution in [1.29, 1.82) is 0 Å². The first-order valence-corrected chi connectivity index (χ1v) is 7.30. The third kappa shape index (κ3) is 3.34. The second kappa shape index (κ2) is 6.01. The summed E-state index contributed by atoms with van der Waals surface area (Å²) in [5, 5.41) is 17.5. The molecule has 1 aliphatic rings. The van der Waals surface area contributed by atoms with Crippen LogP contribution in [-0.4, -0.2) is 32.0 Å². The fourth-order valence-corrected chi connectivity index (χ4v) is 2.80. The summed E-state index contributed by atoms with van der Waals surface area (Å²) in [5.41, 5.74) is -0.125. The number of nitrogens with zero attached hydrogens (tertiary/aromatic N) is 3. The summed E-state index contributed by atoms with van der Waals surface area (Å²) in [6.45, 7) is 7.36. The zero-order chi connectivity index (χ0) is 13.9. The molecule has 1 aromatic heterocycles. The summed E-state index contributed by atoms with van der Waals surface area (Å²) in [4.78, 5) is 4.31. The van der Waals surface area contributed by atoms with Crippen LogP contribution in [0.3, 0.4) is 0 Å². The van der Waals surface area contributed by atoms with Crippen molar-refractivity contribution in [3.63, 3.8) is 0 Å². The van der Waals surface area contributed by atoms with E-state index in [1.54, 1.807) is 6.33 Å². The first-order chi connectivity index (χ1) is 9.06. The number of hydrogen-bond donors (Lipinski definition) is 2. The highest BCUT2D eigenvalue weighted by atomic mass is 16.3. The molecule has 1 fully saturated rings. The van der Waals surface area contributed by atoms with Gasteiger partial charge in [-0.1, -0.05) is 6.92 Å². The van der Waals surface area contributed by atoms with Gasteiger partial charge in [0, 0.05) is 11.6 Å². The molecule has 1 aromatic rings. The van der Waals surface area contributed by atoms with Gasteiger partial charge in [-0.25, -0.2) is 9.67 Å². The lowest BCUT2D eigenvalue weighted by molar-refractivity contribution is 0.103. The molecule has 2 N–H and O–H groups in total. The number of aromatic nitrogens is 3. The summed E-state index contributed by atoms with van der Waals surface area (Å²) in [6.07, 6.45) is 6.06. The normalized spacial score (nSPS) is 27.9. The summed E-state index contributed by atoms with van der Waals surface area (Å²) in [6, 6.07) is 0.316. The van der Waals surface area contributed by atoms with Crippen molar-refractivity contribution in [2.45, 2.75) is 64.6 Å². The Morgan fingerprint density at radius 3 is 2.74 bits per heavy atom. The van der Waals surface area contributed by atoms with Gasteiger partial charge >= 0.3 is 0 Å². The zero-order valence-electron chi connectivity index (χ0n) is 12.3. The molecule has 0 aliphatic heterocycles. The van der Waals surface area contributed by atoms with E-state index in [-0.39, 0.29) is 12.1 Å². The molecule has 0 saturated heterocycles. The van der Waals surface area contributed by atoms with Gasteiger partial charge in [-0.05, 0) is 45.4 Å². The van der Waals surface area contributed by atoms with E-state index in [1.807, 2.05) is 4.68 Å². The van der Waals surface area contributed by atoms with Crippen LogP contribution in [0.4, 0.5) is 0 Å². The third-order valence-electron chi connectivity index (χ3n) is 4.29. The van der Waals surface area contributed by atoms with Gasteiger partial charge in [0.1, 0.15) is 12.2 Å². The standard InChI is InChI=1S/C14H26N4O/c1-11(2)18-13(15-10-17-18)8-16-14(9-19)6-4-12(3)5-7-14/h10-12,16,19H,4-9H2,1-3H3. The van der Waals surface area contributed by atoms with Crippen LogP contribution in [0.5, 0.6) is 0 Å². The van der Waals surface area contributed by atoms with E-state index in [4.69, 9.17) is 0 Å². The van der Waals surface area contributed by atoms with Crippen LogP contribution < -0.4 is 5.32 Å². The van der Waals surface area contributed by atoms with Gasteiger partial charge < -0.3 is 10.4 Å². The lowest BCUT2D eigenvalue weighted by Crippen LogP contribution is -2.50. The molecule has 0 bridgehead atoms. The topological polar surface area (TPSA) is 63.0 Å². The molecule has 19 heavy (non-hydrogen) atoms. The van der Waals surface area contributed by atoms with Crippen LogP contribution in [0.2, 0.25) is 0 Å². The van der Waals surface area contributed by atoms with Crippen molar-refractivity contribution in [3.8, 4) is 0 Å². The quantitative estimate of drug-likeness (QED) is 0.854. The summed E-state index contributed by atoms with van der Waals surface area (Å²) < 4.78 is 1.93. The summed E-state index contributed by atoms with van der Waals surface area (Å²) in [7, 11) is 0. The second-order valence-corrected chi connectivity index (χ2v) is 6.19. The fourth-order valence-electron chi connectivity index (χ4n) is 2.80. The Kier molecular flexibility index (Phi) is 4.58. The van der Waals surface area contributed by atoms with Crippen LogP contribution in [0, 0.1) is 5.92 Å². The molecule has 5 nitrogen and oxygen atoms in total. The molecular weight excluding hydrogens is 240 g/mol. The van der Waals surface area contributed by atoms with Gasteiger partial charge in [-0.3, -0.25) is 0 Å². The van der Waals surface area contributed by atoms with Gasteiger partial charge in [0.25, 0.3) is 0 Å². The number of rotatable bonds is 5.